The Kier molecular flexibility index (Phi) is 6.02. The molecule has 1 heterocycles. The lowest BCUT2D eigenvalue weighted by atomic mass is 10.0. The lowest BCUT2D eigenvalue weighted by molar-refractivity contribution is -0.136. The van der Waals surface area contributed by atoms with Gasteiger partial charge in [-0.25, -0.2) is 18.4 Å². The highest BCUT2D eigenvalue weighted by Crippen LogP contribution is 2.39. The molecule has 1 aromatic heterocycles. The number of aromatic nitrogens is 2. The van der Waals surface area contributed by atoms with Crippen LogP contribution >= 0.6 is 11.6 Å². The summed E-state index contributed by atoms with van der Waals surface area (Å²) in [4.78, 5) is 8.12. The van der Waals surface area contributed by atoms with E-state index < -0.39 is 21.6 Å². The molecule has 0 saturated carbocycles. The predicted octanol–water partition coefficient (Wildman–Crippen LogP) is 6.55. The Bertz CT molecular complexity index is 1460. The summed E-state index contributed by atoms with van der Waals surface area (Å²) in [6.45, 7) is 1.55. The molecule has 0 atom stereocenters. The van der Waals surface area contributed by atoms with E-state index >= 15 is 0 Å². The van der Waals surface area contributed by atoms with E-state index in [9.17, 15) is 21.6 Å². The molecular weight excluding hydrogens is 477 g/mol. The molecule has 0 bridgehead atoms. The third kappa shape index (κ3) is 4.65. The summed E-state index contributed by atoms with van der Waals surface area (Å²) >= 11 is 6.35. The van der Waals surface area contributed by atoms with E-state index in [4.69, 9.17) is 16.3 Å². The number of halogens is 4. The number of nitrogens with zero attached hydrogens (tertiary/aromatic N) is 2. The molecule has 0 amide bonds. The molecule has 0 spiro atoms. The SMILES string of the molecule is CCS(=O)(=O)c1cccc(Oc2ccc(Cl)c(-c3ncnc4c(C(F)(F)F)cccc34)c2)c1. The predicted molar refractivity (Wildman–Crippen MR) is 119 cm³/mol. The van der Waals surface area contributed by atoms with Gasteiger partial charge in [0, 0.05) is 10.9 Å². The fraction of sp³-hybridized carbons (Fsp3) is 0.130. The Balaban J connectivity index is 1.79. The van der Waals surface area contributed by atoms with Crippen molar-refractivity contribution in [1.29, 1.82) is 0 Å². The highest BCUT2D eigenvalue weighted by Gasteiger charge is 2.33. The first-order chi connectivity index (χ1) is 15.6. The third-order valence-electron chi connectivity index (χ3n) is 4.94. The van der Waals surface area contributed by atoms with Crippen LogP contribution in [0.25, 0.3) is 22.2 Å². The van der Waals surface area contributed by atoms with Gasteiger partial charge in [0.15, 0.2) is 9.84 Å². The lowest BCUT2D eigenvalue weighted by Crippen LogP contribution is -2.07. The third-order valence-corrected chi connectivity index (χ3v) is 7.01. The second kappa shape index (κ2) is 8.64. The Labute approximate surface area is 192 Å². The van der Waals surface area contributed by atoms with Crippen LogP contribution in [-0.4, -0.2) is 24.1 Å². The van der Waals surface area contributed by atoms with Crippen molar-refractivity contribution in [2.45, 2.75) is 18.0 Å². The summed E-state index contributed by atoms with van der Waals surface area (Å²) in [6.07, 6.45) is -3.53. The van der Waals surface area contributed by atoms with Gasteiger partial charge in [0.1, 0.15) is 17.8 Å². The Morgan fingerprint density at radius 1 is 0.970 bits per heavy atom. The van der Waals surface area contributed by atoms with Gasteiger partial charge in [-0.15, -0.1) is 0 Å². The van der Waals surface area contributed by atoms with Gasteiger partial charge in [-0.1, -0.05) is 36.7 Å². The fourth-order valence-electron chi connectivity index (χ4n) is 3.31. The van der Waals surface area contributed by atoms with Gasteiger partial charge in [0.05, 0.1) is 32.4 Å². The first kappa shape index (κ1) is 23.0. The Morgan fingerprint density at radius 3 is 2.42 bits per heavy atom. The second-order valence-corrected chi connectivity index (χ2v) is 9.73. The van der Waals surface area contributed by atoms with Crippen molar-refractivity contribution in [3.05, 3.63) is 77.6 Å². The lowest BCUT2D eigenvalue weighted by Gasteiger charge is -2.13. The monoisotopic (exact) mass is 492 g/mol. The van der Waals surface area contributed by atoms with Gasteiger partial charge in [0.25, 0.3) is 0 Å². The summed E-state index contributed by atoms with van der Waals surface area (Å²) < 4.78 is 70.4. The van der Waals surface area contributed by atoms with Crippen LogP contribution in [0.15, 0.2) is 71.9 Å². The van der Waals surface area contributed by atoms with Gasteiger partial charge in [-0.05, 0) is 42.5 Å². The van der Waals surface area contributed by atoms with E-state index in [-0.39, 0.29) is 38.0 Å². The van der Waals surface area contributed by atoms with Crippen LogP contribution in [0.5, 0.6) is 11.5 Å². The van der Waals surface area contributed by atoms with Gasteiger partial charge in [-0.3, -0.25) is 0 Å². The number of para-hydroxylation sites is 1. The molecule has 170 valence electrons. The first-order valence-corrected chi connectivity index (χ1v) is 11.7. The standard InChI is InChI=1S/C23H16ClF3N2O3S/c1-2-33(30,31)16-6-3-5-14(11-16)32-15-9-10-20(24)18(12-15)21-17-7-4-8-19(23(25,26)27)22(17)29-13-28-21/h3-13H,2H2,1H3. The van der Waals surface area contributed by atoms with E-state index in [2.05, 4.69) is 9.97 Å². The molecule has 0 fully saturated rings. The molecular formula is C23H16ClF3N2O3S. The maximum atomic E-state index is 13.4. The maximum Gasteiger partial charge on any atom is 0.418 e. The number of ether oxygens (including phenoxy) is 1. The minimum atomic E-state index is -4.58. The van der Waals surface area contributed by atoms with Crippen molar-refractivity contribution in [2.75, 3.05) is 5.75 Å². The summed E-state index contributed by atoms with van der Waals surface area (Å²) in [5, 5.41) is 0.435. The molecule has 0 saturated heterocycles. The average molecular weight is 493 g/mol. The van der Waals surface area contributed by atoms with Crippen LogP contribution in [0, 0.1) is 0 Å². The van der Waals surface area contributed by atoms with Gasteiger partial charge in [-0.2, -0.15) is 13.2 Å². The molecule has 0 unspecified atom stereocenters. The number of benzene rings is 3. The minimum absolute atomic E-state index is 0.0533. The number of fused-ring (bicyclic) bond motifs is 1. The van der Waals surface area contributed by atoms with Crippen LogP contribution in [0.3, 0.4) is 0 Å². The number of hydrogen-bond donors (Lipinski definition) is 0. The summed E-state index contributed by atoms with van der Waals surface area (Å²) in [5.41, 5.74) is -0.557. The molecule has 0 aliphatic rings. The number of hydrogen-bond acceptors (Lipinski definition) is 5. The summed E-state index contributed by atoms with van der Waals surface area (Å²) in [5.74, 6) is 0.534. The topological polar surface area (TPSA) is 69.2 Å². The minimum Gasteiger partial charge on any atom is -0.457 e. The number of alkyl halides is 3. The van der Waals surface area contributed by atoms with Crippen molar-refractivity contribution in [3.8, 4) is 22.8 Å². The maximum absolute atomic E-state index is 13.4. The van der Waals surface area contributed by atoms with E-state index in [0.717, 1.165) is 12.4 Å². The molecule has 4 aromatic rings. The molecule has 5 nitrogen and oxygen atoms in total. The average Bonchev–Trinajstić information content (AvgIpc) is 2.79. The normalized spacial score (nSPS) is 12.2. The highest BCUT2D eigenvalue weighted by molar-refractivity contribution is 7.91. The van der Waals surface area contributed by atoms with Crippen molar-refractivity contribution in [3.63, 3.8) is 0 Å². The number of rotatable bonds is 5. The van der Waals surface area contributed by atoms with Crippen LogP contribution in [-0.2, 0) is 16.0 Å². The molecule has 0 N–H and O–H groups in total. The molecule has 33 heavy (non-hydrogen) atoms. The zero-order valence-electron chi connectivity index (χ0n) is 17.1. The van der Waals surface area contributed by atoms with Gasteiger partial charge < -0.3 is 4.74 Å². The van der Waals surface area contributed by atoms with Crippen molar-refractivity contribution >= 4 is 32.3 Å². The van der Waals surface area contributed by atoms with E-state index in [0.29, 0.717) is 11.3 Å². The first-order valence-electron chi connectivity index (χ1n) is 9.71. The fourth-order valence-corrected chi connectivity index (χ4v) is 4.44. The van der Waals surface area contributed by atoms with Crippen LogP contribution in [0.4, 0.5) is 13.2 Å². The van der Waals surface area contributed by atoms with Crippen LogP contribution < -0.4 is 4.74 Å². The van der Waals surface area contributed by atoms with Gasteiger partial charge >= 0.3 is 6.18 Å². The summed E-state index contributed by atoms with van der Waals surface area (Å²) in [7, 11) is -3.42. The molecule has 3 aromatic carbocycles. The van der Waals surface area contributed by atoms with Crippen molar-refractivity contribution in [2.24, 2.45) is 0 Å². The zero-order valence-corrected chi connectivity index (χ0v) is 18.7. The molecule has 4 rings (SSSR count). The zero-order chi connectivity index (χ0) is 23.8. The molecule has 0 radical (unpaired) electrons. The molecule has 0 aliphatic heterocycles. The van der Waals surface area contributed by atoms with E-state index in [1.165, 1.54) is 36.4 Å². The largest absolute Gasteiger partial charge is 0.457 e. The molecule has 0 aliphatic carbocycles. The molecule has 10 heteroatoms. The van der Waals surface area contributed by atoms with Crippen LogP contribution in [0.2, 0.25) is 5.02 Å². The smallest absolute Gasteiger partial charge is 0.418 e. The van der Waals surface area contributed by atoms with Gasteiger partial charge in [0.2, 0.25) is 0 Å². The number of sulfone groups is 1. The van der Waals surface area contributed by atoms with Crippen molar-refractivity contribution < 1.29 is 26.3 Å². The Morgan fingerprint density at radius 2 is 1.70 bits per heavy atom. The quantitative estimate of drug-likeness (QED) is 0.316. The summed E-state index contributed by atoms with van der Waals surface area (Å²) in [6, 6.07) is 14.4. The highest BCUT2D eigenvalue weighted by atomic mass is 35.5. The van der Waals surface area contributed by atoms with E-state index in [1.54, 1.807) is 25.1 Å². The van der Waals surface area contributed by atoms with Crippen LogP contribution in [0.1, 0.15) is 12.5 Å². The van der Waals surface area contributed by atoms with Crippen molar-refractivity contribution in [1.82, 2.24) is 9.97 Å². The Hall–Kier alpha value is -3.17. The second-order valence-electron chi connectivity index (χ2n) is 7.04. The van der Waals surface area contributed by atoms with E-state index in [1.807, 2.05) is 0 Å².